The highest BCUT2D eigenvalue weighted by Crippen LogP contribution is 2.25. The summed E-state index contributed by atoms with van der Waals surface area (Å²) in [7, 11) is 0. The Bertz CT molecular complexity index is 886. The minimum Gasteiger partial charge on any atom is -0.312 e. The molecule has 0 saturated heterocycles. The van der Waals surface area contributed by atoms with E-state index in [9.17, 15) is 10.1 Å². The van der Waals surface area contributed by atoms with Crippen molar-refractivity contribution in [3.8, 4) is 6.07 Å². The van der Waals surface area contributed by atoms with Gasteiger partial charge in [-0.25, -0.2) is 0 Å². The monoisotopic (exact) mass is 338 g/mol. The zero-order valence-corrected chi connectivity index (χ0v) is 12.9. The van der Waals surface area contributed by atoms with Crippen LogP contribution in [0.5, 0.6) is 0 Å². The van der Waals surface area contributed by atoms with Crippen LogP contribution in [-0.4, -0.2) is 10.2 Å². The summed E-state index contributed by atoms with van der Waals surface area (Å²) in [5, 5.41) is 9.34. The second kappa shape index (κ2) is 5.19. The van der Waals surface area contributed by atoms with E-state index in [1.54, 1.807) is 16.5 Å². The van der Waals surface area contributed by atoms with E-state index in [4.69, 9.17) is 0 Å². The molecule has 3 aromatic rings. The van der Waals surface area contributed by atoms with Crippen molar-refractivity contribution in [1.29, 1.82) is 5.26 Å². The predicted octanol–water partition coefficient (Wildman–Crippen LogP) is 4.11. The number of benzene rings is 1. The summed E-state index contributed by atoms with van der Waals surface area (Å²) in [5.74, 6) is -0.0808. The molecule has 0 radical (unpaired) electrons. The van der Waals surface area contributed by atoms with Gasteiger partial charge in [0.05, 0.1) is 16.8 Å². The van der Waals surface area contributed by atoms with Crippen LogP contribution in [0.25, 0.3) is 5.52 Å². The number of ketones is 1. The molecule has 2 aromatic heterocycles. The average molecular weight is 339 g/mol. The molecule has 0 amide bonds. The highest BCUT2D eigenvalue weighted by molar-refractivity contribution is 9.10. The topological polar surface area (TPSA) is 45.3 Å². The number of hydrogen-bond donors (Lipinski definition) is 0. The number of fused-ring (bicyclic) bond motifs is 1. The fourth-order valence-corrected chi connectivity index (χ4v) is 2.76. The van der Waals surface area contributed by atoms with Crippen LogP contribution in [0.4, 0.5) is 0 Å². The third kappa shape index (κ3) is 2.16. The lowest BCUT2D eigenvalue weighted by molar-refractivity contribution is 0.103. The van der Waals surface area contributed by atoms with Gasteiger partial charge < -0.3 is 4.40 Å². The van der Waals surface area contributed by atoms with E-state index >= 15 is 0 Å². The Balaban J connectivity index is 2.25. The summed E-state index contributed by atoms with van der Waals surface area (Å²) in [6, 6.07) is 15.0. The second-order valence-electron chi connectivity index (χ2n) is 4.75. The fraction of sp³-hybridized carbons (Fsp3) is 0.0588. The number of nitrogens with zero attached hydrogens (tertiary/aromatic N) is 2. The normalized spacial score (nSPS) is 10.5. The first kappa shape index (κ1) is 13.6. The molecule has 21 heavy (non-hydrogen) atoms. The quantitative estimate of drug-likeness (QED) is 0.660. The van der Waals surface area contributed by atoms with Gasteiger partial charge in [-0.1, -0.05) is 22.0 Å². The number of carbonyl (C=O) groups is 1. The van der Waals surface area contributed by atoms with Crippen LogP contribution < -0.4 is 0 Å². The second-order valence-corrected chi connectivity index (χ2v) is 5.67. The molecule has 0 spiro atoms. The molecule has 0 atom stereocenters. The molecule has 4 heteroatoms. The maximum atomic E-state index is 12.8. The van der Waals surface area contributed by atoms with Crippen molar-refractivity contribution in [3.63, 3.8) is 0 Å². The number of halogens is 1. The van der Waals surface area contributed by atoms with Crippen molar-refractivity contribution in [1.82, 2.24) is 4.40 Å². The van der Waals surface area contributed by atoms with Gasteiger partial charge in [0.2, 0.25) is 5.78 Å². The maximum absolute atomic E-state index is 12.8. The molecule has 0 unspecified atom stereocenters. The molecule has 0 aliphatic heterocycles. The van der Waals surface area contributed by atoms with Crippen LogP contribution in [-0.2, 0) is 0 Å². The summed E-state index contributed by atoms with van der Waals surface area (Å²) in [4.78, 5) is 12.8. The number of pyridine rings is 1. The minimum absolute atomic E-state index is 0.0808. The number of aromatic nitrogens is 1. The zero-order valence-electron chi connectivity index (χ0n) is 11.3. The van der Waals surface area contributed by atoms with E-state index in [1.807, 2.05) is 43.5 Å². The lowest BCUT2D eigenvalue weighted by Gasteiger charge is -2.04. The molecule has 1 aromatic carbocycles. The van der Waals surface area contributed by atoms with E-state index in [-0.39, 0.29) is 5.78 Å². The standard InChI is InChI=1S/C17H11BrN2O/c1-11-14(10-19)15-4-2-3-9-20(15)16(11)17(21)12-5-7-13(18)8-6-12/h2-9H,1H3. The molecule has 3 rings (SSSR count). The molecule has 102 valence electrons. The zero-order chi connectivity index (χ0) is 15.0. The Kier molecular flexibility index (Phi) is 3.36. The van der Waals surface area contributed by atoms with Crippen molar-refractivity contribution in [3.05, 3.63) is 75.5 Å². The van der Waals surface area contributed by atoms with Gasteiger partial charge in [-0.15, -0.1) is 0 Å². The third-order valence-corrected chi connectivity index (χ3v) is 4.05. The molecule has 0 fully saturated rings. The molecular weight excluding hydrogens is 328 g/mol. The molecule has 2 heterocycles. The van der Waals surface area contributed by atoms with Gasteiger partial charge in [0, 0.05) is 16.2 Å². The summed E-state index contributed by atoms with van der Waals surface area (Å²) in [6.07, 6.45) is 1.81. The molecular formula is C17H11BrN2O. The lowest BCUT2D eigenvalue weighted by Crippen LogP contribution is -2.06. The number of rotatable bonds is 2. The highest BCUT2D eigenvalue weighted by Gasteiger charge is 2.21. The first-order valence-electron chi connectivity index (χ1n) is 6.43. The lowest BCUT2D eigenvalue weighted by atomic mass is 10.0. The molecule has 0 bridgehead atoms. The largest absolute Gasteiger partial charge is 0.312 e. The Morgan fingerprint density at radius 3 is 2.57 bits per heavy atom. The van der Waals surface area contributed by atoms with Gasteiger partial charge in [0.15, 0.2) is 0 Å². The predicted molar refractivity (Wildman–Crippen MR) is 84.4 cm³/mol. The van der Waals surface area contributed by atoms with E-state index in [2.05, 4.69) is 22.0 Å². The van der Waals surface area contributed by atoms with Crippen LogP contribution in [0.3, 0.4) is 0 Å². The Hall–Kier alpha value is -2.38. The third-order valence-electron chi connectivity index (χ3n) is 3.52. The first-order valence-corrected chi connectivity index (χ1v) is 7.23. The molecule has 0 aliphatic rings. The van der Waals surface area contributed by atoms with E-state index in [0.717, 1.165) is 15.6 Å². The van der Waals surface area contributed by atoms with Gasteiger partial charge in [-0.05, 0) is 48.9 Å². The first-order chi connectivity index (χ1) is 10.1. The van der Waals surface area contributed by atoms with E-state index in [1.165, 1.54) is 0 Å². The van der Waals surface area contributed by atoms with Crippen molar-refractivity contribution in [2.45, 2.75) is 6.92 Å². The summed E-state index contributed by atoms with van der Waals surface area (Å²) in [6.45, 7) is 1.82. The van der Waals surface area contributed by atoms with Crippen molar-refractivity contribution < 1.29 is 4.79 Å². The number of nitriles is 1. The van der Waals surface area contributed by atoms with Crippen LogP contribution in [0.15, 0.2) is 53.1 Å². The number of carbonyl (C=O) groups excluding carboxylic acids is 1. The van der Waals surface area contributed by atoms with Crippen LogP contribution in [0.1, 0.15) is 27.2 Å². The van der Waals surface area contributed by atoms with Gasteiger partial charge in [0.1, 0.15) is 6.07 Å². The SMILES string of the molecule is Cc1c(C#N)c2ccccn2c1C(=O)c1ccc(Br)cc1. The smallest absolute Gasteiger partial charge is 0.210 e. The van der Waals surface area contributed by atoms with Crippen LogP contribution >= 0.6 is 15.9 Å². The van der Waals surface area contributed by atoms with Gasteiger partial charge in [0.25, 0.3) is 0 Å². The minimum atomic E-state index is -0.0808. The Morgan fingerprint density at radius 1 is 1.19 bits per heavy atom. The summed E-state index contributed by atoms with van der Waals surface area (Å²) < 4.78 is 2.71. The summed E-state index contributed by atoms with van der Waals surface area (Å²) in [5.41, 5.74) is 3.18. The molecule has 0 N–H and O–H groups in total. The highest BCUT2D eigenvalue weighted by atomic mass is 79.9. The van der Waals surface area contributed by atoms with Gasteiger partial charge in [-0.2, -0.15) is 5.26 Å². The molecule has 0 aliphatic carbocycles. The van der Waals surface area contributed by atoms with Gasteiger partial charge >= 0.3 is 0 Å². The maximum Gasteiger partial charge on any atom is 0.210 e. The fourth-order valence-electron chi connectivity index (χ4n) is 2.49. The van der Waals surface area contributed by atoms with E-state index < -0.39 is 0 Å². The van der Waals surface area contributed by atoms with Gasteiger partial charge in [-0.3, -0.25) is 4.79 Å². The molecule has 3 nitrogen and oxygen atoms in total. The van der Waals surface area contributed by atoms with E-state index in [0.29, 0.717) is 16.8 Å². The Morgan fingerprint density at radius 2 is 1.90 bits per heavy atom. The van der Waals surface area contributed by atoms with Crippen LogP contribution in [0.2, 0.25) is 0 Å². The Labute approximate surface area is 130 Å². The average Bonchev–Trinajstić information content (AvgIpc) is 2.78. The van der Waals surface area contributed by atoms with Crippen molar-refractivity contribution in [2.24, 2.45) is 0 Å². The molecule has 0 saturated carbocycles. The number of hydrogen-bond acceptors (Lipinski definition) is 2. The van der Waals surface area contributed by atoms with Crippen molar-refractivity contribution >= 4 is 27.2 Å². The van der Waals surface area contributed by atoms with Crippen LogP contribution in [0, 0.1) is 18.3 Å². The summed E-state index contributed by atoms with van der Waals surface area (Å²) >= 11 is 3.36. The van der Waals surface area contributed by atoms with Crippen molar-refractivity contribution in [2.75, 3.05) is 0 Å².